The van der Waals surface area contributed by atoms with Gasteiger partial charge in [0.05, 0.1) is 0 Å². The van der Waals surface area contributed by atoms with E-state index in [1.54, 1.807) is 6.07 Å². The highest BCUT2D eigenvalue weighted by Crippen LogP contribution is 2.38. The molecule has 3 heteroatoms. The predicted molar refractivity (Wildman–Crippen MR) is 94.0 cm³/mol. The Morgan fingerprint density at radius 1 is 0.680 bits per heavy atom. The molecule has 0 spiro atoms. The second-order valence-corrected chi connectivity index (χ2v) is 6.46. The van der Waals surface area contributed by atoms with Crippen molar-refractivity contribution in [1.29, 1.82) is 0 Å². The lowest BCUT2D eigenvalue weighted by molar-refractivity contribution is 0.509. The number of benzene rings is 3. The first kappa shape index (κ1) is 15.9. The van der Waals surface area contributed by atoms with Crippen LogP contribution in [0.2, 0.25) is 0 Å². The van der Waals surface area contributed by atoms with Gasteiger partial charge in [-0.3, -0.25) is 0 Å². The number of hydrogen-bond acceptors (Lipinski definition) is 0. The average Bonchev–Trinajstić information content (AvgIpc) is 2.63. The predicted octanol–water partition coefficient (Wildman–Crippen LogP) is 6.10. The molecule has 0 fully saturated rings. The highest BCUT2D eigenvalue weighted by molar-refractivity contribution is 5.78. The van der Waals surface area contributed by atoms with Crippen LogP contribution in [0.1, 0.15) is 23.6 Å². The molecular weight excluding hydrogens is 321 g/mol. The second kappa shape index (κ2) is 6.07. The van der Waals surface area contributed by atoms with Crippen LogP contribution < -0.4 is 0 Å². The zero-order chi connectivity index (χ0) is 17.6. The summed E-state index contributed by atoms with van der Waals surface area (Å²) in [5.41, 5.74) is 6.19. The molecule has 0 radical (unpaired) electrons. The third-order valence-corrected chi connectivity index (χ3v) is 4.96. The molecule has 0 atom stereocenters. The van der Waals surface area contributed by atoms with Gasteiger partial charge in [-0.25, -0.2) is 13.2 Å². The van der Waals surface area contributed by atoms with Crippen molar-refractivity contribution in [1.82, 2.24) is 0 Å². The lowest BCUT2D eigenvalue weighted by Gasteiger charge is -2.22. The monoisotopic (exact) mass is 338 g/mol. The molecule has 0 heterocycles. The van der Waals surface area contributed by atoms with Gasteiger partial charge in [0.15, 0.2) is 11.6 Å². The molecule has 0 N–H and O–H groups in total. The SMILES string of the molecule is CCc1ccc2c(c1)CCc1cc(-c3ccc(F)c(F)c3)c(F)cc1-2. The Bertz CT molecular complexity index is 973. The van der Waals surface area contributed by atoms with Crippen molar-refractivity contribution < 1.29 is 13.2 Å². The summed E-state index contributed by atoms with van der Waals surface area (Å²) in [6, 6.07) is 13.1. The van der Waals surface area contributed by atoms with E-state index in [2.05, 4.69) is 25.1 Å². The van der Waals surface area contributed by atoms with E-state index >= 15 is 0 Å². The minimum atomic E-state index is -0.966. The van der Waals surface area contributed by atoms with Gasteiger partial charge in [0.2, 0.25) is 0 Å². The van der Waals surface area contributed by atoms with E-state index in [9.17, 15) is 13.2 Å². The minimum absolute atomic E-state index is 0.311. The van der Waals surface area contributed by atoms with E-state index in [4.69, 9.17) is 0 Å². The Labute approximate surface area is 144 Å². The molecule has 0 saturated heterocycles. The molecule has 3 aromatic rings. The van der Waals surface area contributed by atoms with Crippen molar-refractivity contribution in [3.05, 3.63) is 82.7 Å². The van der Waals surface area contributed by atoms with Crippen LogP contribution in [0.15, 0.2) is 48.5 Å². The van der Waals surface area contributed by atoms with Gasteiger partial charge in [-0.1, -0.05) is 31.2 Å². The number of halogens is 3. The van der Waals surface area contributed by atoms with Crippen molar-refractivity contribution in [2.45, 2.75) is 26.2 Å². The molecule has 0 unspecified atom stereocenters. The van der Waals surface area contributed by atoms with E-state index < -0.39 is 17.5 Å². The minimum Gasteiger partial charge on any atom is -0.206 e. The molecular formula is C22H17F3. The normalized spacial score (nSPS) is 12.6. The Morgan fingerprint density at radius 3 is 2.16 bits per heavy atom. The molecule has 0 aromatic heterocycles. The van der Waals surface area contributed by atoms with E-state index in [0.717, 1.165) is 48.1 Å². The highest BCUT2D eigenvalue weighted by atomic mass is 19.2. The van der Waals surface area contributed by atoms with Crippen LogP contribution in [0.4, 0.5) is 13.2 Å². The zero-order valence-corrected chi connectivity index (χ0v) is 13.9. The Hall–Kier alpha value is -2.55. The maximum absolute atomic E-state index is 14.7. The van der Waals surface area contributed by atoms with Crippen LogP contribution in [0.5, 0.6) is 0 Å². The summed E-state index contributed by atoms with van der Waals surface area (Å²) in [6.07, 6.45) is 2.69. The van der Waals surface area contributed by atoms with Gasteiger partial charge in [-0.2, -0.15) is 0 Å². The van der Waals surface area contributed by atoms with Gasteiger partial charge in [-0.05, 0) is 76.9 Å². The first-order valence-electron chi connectivity index (χ1n) is 8.47. The molecule has 1 aliphatic rings. The van der Waals surface area contributed by atoms with E-state index in [0.29, 0.717) is 11.1 Å². The molecule has 0 bridgehead atoms. The van der Waals surface area contributed by atoms with Crippen LogP contribution in [0.3, 0.4) is 0 Å². The maximum Gasteiger partial charge on any atom is 0.159 e. The number of hydrogen-bond donors (Lipinski definition) is 0. The fourth-order valence-electron chi connectivity index (χ4n) is 3.57. The Balaban J connectivity index is 1.84. The summed E-state index contributed by atoms with van der Waals surface area (Å²) < 4.78 is 41.4. The molecule has 1 aliphatic carbocycles. The van der Waals surface area contributed by atoms with Crippen LogP contribution in [0, 0.1) is 17.5 Å². The quantitative estimate of drug-likeness (QED) is 0.530. The maximum atomic E-state index is 14.7. The summed E-state index contributed by atoms with van der Waals surface area (Å²) in [5.74, 6) is -2.31. The van der Waals surface area contributed by atoms with Gasteiger partial charge in [0.1, 0.15) is 5.82 Å². The van der Waals surface area contributed by atoms with Gasteiger partial charge < -0.3 is 0 Å². The topological polar surface area (TPSA) is 0 Å². The summed E-state index contributed by atoms with van der Waals surface area (Å²) in [7, 11) is 0. The Morgan fingerprint density at radius 2 is 1.44 bits per heavy atom. The summed E-state index contributed by atoms with van der Waals surface area (Å²) in [6.45, 7) is 2.12. The summed E-state index contributed by atoms with van der Waals surface area (Å²) in [5, 5.41) is 0. The molecule has 0 nitrogen and oxygen atoms in total. The van der Waals surface area contributed by atoms with Gasteiger partial charge in [0.25, 0.3) is 0 Å². The van der Waals surface area contributed by atoms with Crippen LogP contribution >= 0.6 is 0 Å². The van der Waals surface area contributed by atoms with Crippen molar-refractivity contribution in [2.24, 2.45) is 0 Å². The number of fused-ring (bicyclic) bond motifs is 3. The van der Waals surface area contributed by atoms with Crippen molar-refractivity contribution in [3.63, 3.8) is 0 Å². The smallest absolute Gasteiger partial charge is 0.159 e. The first-order valence-corrected chi connectivity index (χ1v) is 8.47. The third-order valence-electron chi connectivity index (χ3n) is 4.96. The summed E-state index contributed by atoms with van der Waals surface area (Å²) in [4.78, 5) is 0. The van der Waals surface area contributed by atoms with Crippen LogP contribution in [-0.4, -0.2) is 0 Å². The van der Waals surface area contributed by atoms with Crippen molar-refractivity contribution in [3.8, 4) is 22.3 Å². The van der Waals surface area contributed by atoms with E-state index in [1.165, 1.54) is 23.3 Å². The standard InChI is InChI=1S/C22H17F3/c1-2-13-3-7-17-14(9-13)4-5-15-10-19(21(24)12-18(15)17)16-6-8-20(23)22(25)11-16/h3,6-12H,2,4-5H2,1H3. The van der Waals surface area contributed by atoms with E-state index in [1.807, 2.05) is 0 Å². The molecule has 3 aromatic carbocycles. The first-order chi connectivity index (χ1) is 12.1. The molecule has 126 valence electrons. The summed E-state index contributed by atoms with van der Waals surface area (Å²) >= 11 is 0. The van der Waals surface area contributed by atoms with Crippen molar-refractivity contribution >= 4 is 0 Å². The average molecular weight is 338 g/mol. The number of rotatable bonds is 2. The Kier molecular flexibility index (Phi) is 3.87. The zero-order valence-electron chi connectivity index (χ0n) is 13.9. The molecule has 0 aliphatic heterocycles. The van der Waals surface area contributed by atoms with Crippen LogP contribution in [0.25, 0.3) is 22.3 Å². The highest BCUT2D eigenvalue weighted by Gasteiger charge is 2.20. The fraction of sp³-hybridized carbons (Fsp3) is 0.182. The van der Waals surface area contributed by atoms with Gasteiger partial charge >= 0.3 is 0 Å². The fourth-order valence-corrected chi connectivity index (χ4v) is 3.57. The second-order valence-electron chi connectivity index (χ2n) is 6.46. The molecule has 25 heavy (non-hydrogen) atoms. The van der Waals surface area contributed by atoms with Gasteiger partial charge in [-0.15, -0.1) is 0 Å². The van der Waals surface area contributed by atoms with Crippen LogP contribution in [-0.2, 0) is 19.3 Å². The molecule has 0 amide bonds. The number of aryl methyl sites for hydroxylation is 3. The van der Waals surface area contributed by atoms with Gasteiger partial charge in [0, 0.05) is 5.56 Å². The molecule has 0 saturated carbocycles. The molecule has 4 rings (SSSR count). The largest absolute Gasteiger partial charge is 0.206 e. The van der Waals surface area contributed by atoms with Crippen molar-refractivity contribution in [2.75, 3.05) is 0 Å². The van der Waals surface area contributed by atoms with E-state index in [-0.39, 0.29) is 0 Å². The lowest BCUT2D eigenvalue weighted by atomic mass is 9.83. The lowest BCUT2D eigenvalue weighted by Crippen LogP contribution is -2.06. The third kappa shape index (κ3) is 2.74.